The number of pyridine rings is 4. The number of hydrogen-bond acceptors (Lipinski definition) is 20. The number of allylic oxidation sites excluding steroid dienone is 1. The highest BCUT2D eigenvalue weighted by Gasteiger charge is 2.42. The van der Waals surface area contributed by atoms with Gasteiger partial charge in [-0.15, -0.1) is 0 Å². The zero-order valence-corrected chi connectivity index (χ0v) is 70.3. The fourth-order valence-electron chi connectivity index (χ4n) is 15.0. The maximum absolute atomic E-state index is 15.1. The first-order chi connectivity index (χ1) is 55.0. The summed E-state index contributed by atoms with van der Waals surface area (Å²) in [7, 11) is 0. The summed E-state index contributed by atoms with van der Waals surface area (Å²) in [6, 6.07) is 23.4. The molecule has 0 saturated carbocycles. The number of amidine groups is 2. The molecule has 4 atom stereocenters. The Morgan fingerprint density at radius 2 is 1.18 bits per heavy atom. The van der Waals surface area contributed by atoms with Crippen LogP contribution in [0.2, 0.25) is 20.2 Å². The maximum Gasteiger partial charge on any atom is 0.355 e. The standard InChI is InChI=1S/C34H37ClFN7O.C28H30ClFN6O.C24H25Cl2N7O2/c1-10-28(44)41-16-21(7)42(17-20(41)6)33-25-15-26(35)30(24-13-11-12-14-27(24)36)40-34(25)43(23(9)38-33)31-22(8)37-32(19(4)5)39-29(31)18(2)3;1-6-24(37)35-14-13-34(16-19(35)11-12-31)26-21-15-22(29)25(20-9-7-8-10-23(20)30)33-27(21)36(18(2)32-26)17-28(3,4)5;1-13(2)19-20(14(3)6-8-28-19)33-23-17(11-18(25)21(26)29-23)22(30-24(33)35)31-9-10-32(15(4)34)16(12-31)5-7-27/h10-15,18,20-21H,1,4,9,16-17H2,2-3,5-8H3;6-10,15,19H,1-2,11,13-14,16-17H2,3-5H3;6,8,11,13,16H,5,9-10,12H2,1-4H3. The minimum Gasteiger partial charge on any atom is -0.352 e. The third-order valence-electron chi connectivity index (χ3n) is 20.5. The van der Waals surface area contributed by atoms with Gasteiger partial charge in [0.1, 0.15) is 51.7 Å². The Kier molecular flexibility index (Phi) is 26.1. The number of aliphatic imine (C=N–C) groups is 2. The van der Waals surface area contributed by atoms with Gasteiger partial charge in [-0.1, -0.05) is 152 Å². The Morgan fingerprint density at radius 3 is 1.75 bits per heavy atom. The number of nitriles is 2. The van der Waals surface area contributed by atoms with E-state index in [1.807, 2.05) is 79.0 Å². The summed E-state index contributed by atoms with van der Waals surface area (Å²) in [6.07, 6.45) is 4.68. The third-order valence-corrected chi connectivity index (χ3v) is 21.8. The fourth-order valence-corrected chi connectivity index (χ4v) is 15.8. The quantitative estimate of drug-likeness (QED) is 0.0767. The van der Waals surface area contributed by atoms with Gasteiger partial charge in [-0.05, 0) is 124 Å². The molecule has 24 nitrogen and oxygen atoms in total. The minimum absolute atomic E-state index is 0.0149. The predicted octanol–water partition coefficient (Wildman–Crippen LogP) is 16.4. The van der Waals surface area contributed by atoms with Gasteiger partial charge in [-0.25, -0.2) is 53.0 Å². The molecular weight excluding hydrogens is 1560 g/mol. The van der Waals surface area contributed by atoms with Crippen LogP contribution in [0.1, 0.15) is 140 Å². The van der Waals surface area contributed by atoms with Gasteiger partial charge in [0.2, 0.25) is 17.7 Å². The number of amides is 3. The van der Waals surface area contributed by atoms with E-state index in [-0.39, 0.29) is 92.7 Å². The Morgan fingerprint density at radius 1 is 0.629 bits per heavy atom. The zero-order chi connectivity index (χ0) is 84.4. The van der Waals surface area contributed by atoms with E-state index < -0.39 is 17.3 Å². The lowest BCUT2D eigenvalue weighted by Gasteiger charge is -2.46. The summed E-state index contributed by atoms with van der Waals surface area (Å²) in [4.78, 5) is 109. The van der Waals surface area contributed by atoms with Crippen LogP contribution < -0.4 is 20.4 Å². The molecule has 3 fully saturated rings. The molecule has 5 aliphatic rings. The van der Waals surface area contributed by atoms with Crippen molar-refractivity contribution in [3.8, 4) is 40.3 Å². The van der Waals surface area contributed by atoms with Crippen molar-refractivity contribution in [3.63, 3.8) is 0 Å². The molecule has 0 bridgehead atoms. The lowest BCUT2D eigenvalue weighted by atomic mass is 9.95. The van der Waals surface area contributed by atoms with Crippen LogP contribution in [0.4, 0.5) is 31.9 Å². The first kappa shape index (κ1) is 85.6. The molecule has 0 N–H and O–H groups in total. The van der Waals surface area contributed by atoms with Crippen molar-refractivity contribution in [1.29, 1.82) is 10.5 Å². The average molecular weight is 1650 g/mol. The second-order valence-electron chi connectivity index (χ2n) is 30.9. The van der Waals surface area contributed by atoms with Crippen molar-refractivity contribution in [3.05, 3.63) is 218 Å². The molecule has 0 aliphatic carbocycles. The van der Waals surface area contributed by atoms with Crippen molar-refractivity contribution < 1.29 is 23.2 Å². The number of anilines is 4. The van der Waals surface area contributed by atoms with Gasteiger partial charge < -0.3 is 34.3 Å². The molecule has 0 radical (unpaired) electrons. The third kappa shape index (κ3) is 17.6. The second kappa shape index (κ2) is 35.4. The SMILES string of the molecule is C=CC(=O)N1CC(C)N(C2=NC(=C)N(c3c(C)nc(C(=C)C)nc3C(C)C)c3nc(-c4ccccc4F)c(Cl)cc32)CC1C.C=CC(=O)N1CCN(C2=NC(=C)N(CC(C)(C)C)c3nc(-c4ccccc4F)c(Cl)cc32)CC1CC#N.CC(=O)N1CCN(c2nc(=O)n(-c3c(C)ccnc3C(C)C)c3nc(Cl)c(Cl)cc23)CC1CC#N. The van der Waals surface area contributed by atoms with Crippen LogP contribution in [0.15, 0.2) is 150 Å². The smallest absolute Gasteiger partial charge is 0.352 e. The highest BCUT2D eigenvalue weighted by molar-refractivity contribution is 6.42. The number of fused-ring (bicyclic) bond motifs is 3. The molecule has 13 rings (SSSR count). The fraction of sp³-hybridized carbons (Fsp3) is 0.360. The Hall–Kier alpha value is -11.3. The second-order valence-corrected chi connectivity index (χ2v) is 32.5. The minimum atomic E-state index is -0.526. The molecule has 6 aromatic heterocycles. The van der Waals surface area contributed by atoms with E-state index in [0.29, 0.717) is 167 Å². The number of aryl methyl sites for hydroxylation is 2. The number of benzene rings is 2. The van der Waals surface area contributed by atoms with E-state index >= 15 is 4.39 Å². The van der Waals surface area contributed by atoms with E-state index in [4.69, 9.17) is 76.3 Å². The van der Waals surface area contributed by atoms with Crippen molar-refractivity contribution in [2.24, 2.45) is 15.4 Å². The van der Waals surface area contributed by atoms with E-state index in [9.17, 15) is 34.1 Å². The van der Waals surface area contributed by atoms with Crippen LogP contribution in [0.5, 0.6) is 0 Å². The van der Waals surface area contributed by atoms with Crippen molar-refractivity contribution in [2.45, 2.75) is 139 Å². The van der Waals surface area contributed by atoms with Crippen LogP contribution in [-0.2, 0) is 14.4 Å². The monoisotopic (exact) mass is 1650 g/mol. The molecule has 11 heterocycles. The normalized spacial score (nSPS) is 17.5. The lowest BCUT2D eigenvalue weighted by Crippen LogP contribution is -2.59. The largest absolute Gasteiger partial charge is 0.355 e. The van der Waals surface area contributed by atoms with Crippen LogP contribution >= 0.6 is 46.4 Å². The van der Waals surface area contributed by atoms with E-state index in [1.165, 1.54) is 35.8 Å². The van der Waals surface area contributed by atoms with Crippen LogP contribution in [0.3, 0.4) is 0 Å². The van der Waals surface area contributed by atoms with Gasteiger partial charge in [0.25, 0.3) is 0 Å². The van der Waals surface area contributed by atoms with Crippen LogP contribution in [-0.4, -0.2) is 176 Å². The van der Waals surface area contributed by atoms with Crippen molar-refractivity contribution in [2.75, 3.05) is 73.6 Å². The number of carbonyl (C=O) groups excluding carboxylic acids is 3. The first-order valence-electron chi connectivity index (χ1n) is 38.0. The topological polar surface area (TPSA) is 262 Å². The van der Waals surface area contributed by atoms with Gasteiger partial charge in [0, 0.05) is 95.2 Å². The summed E-state index contributed by atoms with van der Waals surface area (Å²) >= 11 is 26.2. The van der Waals surface area contributed by atoms with Gasteiger partial charge >= 0.3 is 5.69 Å². The first-order valence-corrected chi connectivity index (χ1v) is 39.5. The number of hydrogen-bond donors (Lipinski definition) is 0. The van der Waals surface area contributed by atoms with Gasteiger partial charge in [-0.2, -0.15) is 15.5 Å². The van der Waals surface area contributed by atoms with E-state index in [2.05, 4.69) is 99.5 Å². The number of piperazine rings is 3. The van der Waals surface area contributed by atoms with Crippen LogP contribution in [0, 0.1) is 53.6 Å². The number of nitrogens with zero attached hydrogens (tertiary/aromatic N) is 20. The highest BCUT2D eigenvalue weighted by atomic mass is 35.5. The molecule has 0 spiro atoms. The predicted molar refractivity (Wildman–Crippen MR) is 456 cm³/mol. The van der Waals surface area contributed by atoms with Gasteiger partial charge in [-0.3, -0.25) is 24.3 Å². The molecule has 3 amide bonds. The van der Waals surface area contributed by atoms with Gasteiger partial charge in [0.05, 0.1) is 108 Å². The summed E-state index contributed by atoms with van der Waals surface area (Å²) < 4.78 is 31.3. The average Bonchev–Trinajstić information content (AvgIpc) is 0.745. The number of aromatic nitrogens is 8. The van der Waals surface area contributed by atoms with E-state index in [1.54, 1.807) is 70.6 Å². The van der Waals surface area contributed by atoms with Gasteiger partial charge in [0.15, 0.2) is 17.3 Å². The molecule has 3 saturated heterocycles. The number of carbonyl (C=O) groups is 3. The van der Waals surface area contributed by atoms with Crippen LogP contribution in [0.25, 0.3) is 44.8 Å². The molecule has 30 heteroatoms. The zero-order valence-electron chi connectivity index (χ0n) is 67.3. The number of halogens is 6. The summed E-state index contributed by atoms with van der Waals surface area (Å²) in [5.74, 6) is 3.00. The summed E-state index contributed by atoms with van der Waals surface area (Å²) in [5.41, 5.74) is 7.41. The Labute approximate surface area is 694 Å². The molecule has 2 aromatic carbocycles. The summed E-state index contributed by atoms with van der Waals surface area (Å²) in [6.45, 7) is 49.6. The van der Waals surface area contributed by atoms with Crippen molar-refractivity contribution >= 4 is 116 Å². The highest BCUT2D eigenvalue weighted by Crippen LogP contribution is 2.46. The maximum atomic E-state index is 15.1. The van der Waals surface area contributed by atoms with E-state index in [0.717, 1.165) is 22.5 Å². The summed E-state index contributed by atoms with van der Waals surface area (Å²) in [5, 5.41) is 20.1. The Bertz CT molecular complexity index is 5530. The molecule has 5 aliphatic heterocycles. The molecule has 602 valence electrons. The molecule has 116 heavy (non-hydrogen) atoms. The lowest BCUT2D eigenvalue weighted by molar-refractivity contribution is -0.132. The Balaban J connectivity index is 0.000000172. The molecule has 8 aromatic rings. The van der Waals surface area contributed by atoms with Crippen molar-refractivity contribution in [1.82, 2.24) is 64.0 Å². The molecule has 4 unspecified atom stereocenters. The molecular formula is C86H92Cl4F2N20O4. The number of rotatable bonds is 13.